The Labute approximate surface area is 277 Å². The summed E-state index contributed by atoms with van der Waals surface area (Å²) in [6, 6.07) is 26.6. The maximum atomic E-state index is 14.4. The van der Waals surface area contributed by atoms with Gasteiger partial charge in [0, 0.05) is 23.5 Å². The van der Waals surface area contributed by atoms with Crippen LogP contribution in [0.1, 0.15) is 31.4 Å². The standard InChI is InChI=1S/C34H34BrClFN3O4S/c1-3-24(2)38-34(42)32(20-25-10-6-4-7-11-25)39(22-26-14-16-27(35)17-15-26)33(41)23-40(28-18-19-31(37)30(36)21-28)45(43,44)29-12-8-5-9-13-29/h4-19,21,24,32H,3,20,22-23H2,1-2H3,(H,38,42)/t24-,32+/m1/s1. The zero-order valence-corrected chi connectivity index (χ0v) is 28.0. The lowest BCUT2D eigenvalue weighted by molar-refractivity contribution is -0.140. The van der Waals surface area contributed by atoms with Crippen molar-refractivity contribution in [1.29, 1.82) is 0 Å². The molecule has 0 radical (unpaired) electrons. The van der Waals surface area contributed by atoms with E-state index >= 15 is 0 Å². The van der Waals surface area contributed by atoms with Gasteiger partial charge >= 0.3 is 0 Å². The fourth-order valence-corrected chi connectivity index (χ4v) is 6.54. The van der Waals surface area contributed by atoms with Crippen LogP contribution in [-0.2, 0) is 32.6 Å². The molecule has 2 amide bonds. The summed E-state index contributed by atoms with van der Waals surface area (Å²) in [6.07, 6.45) is 0.873. The molecule has 0 saturated carbocycles. The predicted molar refractivity (Wildman–Crippen MR) is 179 cm³/mol. The summed E-state index contributed by atoms with van der Waals surface area (Å²) in [5.41, 5.74) is 1.57. The lowest BCUT2D eigenvalue weighted by Crippen LogP contribution is -2.54. The number of sulfonamides is 1. The number of nitrogens with one attached hydrogen (secondary N) is 1. The van der Waals surface area contributed by atoms with Crippen LogP contribution in [0.25, 0.3) is 0 Å². The highest BCUT2D eigenvalue weighted by Crippen LogP contribution is 2.28. The minimum atomic E-state index is -4.32. The molecule has 4 aromatic carbocycles. The summed E-state index contributed by atoms with van der Waals surface area (Å²) in [4.78, 5) is 29.7. The molecule has 2 atom stereocenters. The Morgan fingerprint density at radius 3 is 2.13 bits per heavy atom. The van der Waals surface area contributed by atoms with Gasteiger partial charge in [0.2, 0.25) is 11.8 Å². The third-order valence-corrected chi connectivity index (χ3v) is 9.95. The fraction of sp³-hybridized carbons (Fsp3) is 0.235. The Morgan fingerprint density at radius 1 is 0.911 bits per heavy atom. The number of carbonyl (C=O) groups excluding carboxylic acids is 2. The summed E-state index contributed by atoms with van der Waals surface area (Å²) in [5, 5.41) is 2.71. The average molecular weight is 715 g/mol. The molecule has 0 aromatic heterocycles. The zero-order chi connectivity index (χ0) is 32.6. The Balaban J connectivity index is 1.81. The van der Waals surface area contributed by atoms with E-state index in [1.807, 2.05) is 68.4 Å². The molecule has 0 aliphatic heterocycles. The SMILES string of the molecule is CC[C@@H](C)NC(=O)[C@H](Cc1ccccc1)N(Cc1ccc(Br)cc1)C(=O)CN(c1ccc(F)c(Cl)c1)S(=O)(=O)c1ccccc1. The molecule has 0 saturated heterocycles. The van der Waals surface area contributed by atoms with E-state index in [4.69, 9.17) is 11.6 Å². The van der Waals surface area contributed by atoms with Crippen molar-refractivity contribution < 1.29 is 22.4 Å². The molecule has 45 heavy (non-hydrogen) atoms. The van der Waals surface area contributed by atoms with Gasteiger partial charge in [0.05, 0.1) is 15.6 Å². The van der Waals surface area contributed by atoms with Crippen LogP contribution in [0, 0.1) is 5.82 Å². The van der Waals surface area contributed by atoms with E-state index in [1.54, 1.807) is 18.2 Å². The number of carbonyl (C=O) groups is 2. The molecule has 0 aliphatic carbocycles. The van der Waals surface area contributed by atoms with Crippen molar-refractivity contribution in [3.8, 4) is 0 Å². The second-order valence-corrected chi connectivity index (χ2v) is 13.8. The van der Waals surface area contributed by atoms with Gasteiger partial charge in [-0.25, -0.2) is 12.8 Å². The van der Waals surface area contributed by atoms with Gasteiger partial charge in [0.1, 0.15) is 18.4 Å². The molecule has 4 rings (SSSR count). The smallest absolute Gasteiger partial charge is 0.264 e. The topological polar surface area (TPSA) is 86.8 Å². The van der Waals surface area contributed by atoms with Crippen LogP contribution in [0.4, 0.5) is 10.1 Å². The highest BCUT2D eigenvalue weighted by Gasteiger charge is 2.35. The van der Waals surface area contributed by atoms with Crippen molar-refractivity contribution in [2.24, 2.45) is 0 Å². The average Bonchev–Trinajstić information content (AvgIpc) is 3.04. The van der Waals surface area contributed by atoms with Crippen LogP contribution in [0.2, 0.25) is 5.02 Å². The summed E-state index contributed by atoms with van der Waals surface area (Å²) < 4.78 is 43.9. The minimum Gasteiger partial charge on any atom is -0.352 e. The molecule has 0 bridgehead atoms. The van der Waals surface area contributed by atoms with Gasteiger partial charge in [0.25, 0.3) is 10.0 Å². The summed E-state index contributed by atoms with van der Waals surface area (Å²) in [7, 11) is -4.32. The Hall–Kier alpha value is -3.73. The first-order chi connectivity index (χ1) is 21.5. The second-order valence-electron chi connectivity index (χ2n) is 10.6. The normalized spacial score (nSPS) is 12.6. The first-order valence-electron chi connectivity index (χ1n) is 14.4. The third kappa shape index (κ3) is 8.93. The van der Waals surface area contributed by atoms with Gasteiger partial charge in [-0.15, -0.1) is 0 Å². The molecular weight excluding hydrogens is 681 g/mol. The lowest BCUT2D eigenvalue weighted by atomic mass is 10.0. The van der Waals surface area contributed by atoms with E-state index in [0.29, 0.717) is 6.42 Å². The molecule has 0 spiro atoms. The molecule has 0 unspecified atom stereocenters. The van der Waals surface area contributed by atoms with Crippen LogP contribution in [0.15, 0.2) is 112 Å². The number of nitrogens with zero attached hydrogens (tertiary/aromatic N) is 2. The Morgan fingerprint density at radius 2 is 1.53 bits per heavy atom. The second kappa shape index (κ2) is 15.5. The molecule has 0 fully saturated rings. The fourth-order valence-electron chi connectivity index (χ4n) is 4.67. The number of anilines is 1. The van der Waals surface area contributed by atoms with E-state index in [9.17, 15) is 22.4 Å². The molecule has 4 aromatic rings. The van der Waals surface area contributed by atoms with Gasteiger partial charge in [-0.1, -0.05) is 95.1 Å². The number of benzene rings is 4. The van der Waals surface area contributed by atoms with Crippen molar-refractivity contribution in [1.82, 2.24) is 10.2 Å². The molecular formula is C34H34BrClFN3O4S. The zero-order valence-electron chi connectivity index (χ0n) is 24.9. The van der Waals surface area contributed by atoms with Gasteiger partial charge in [-0.3, -0.25) is 13.9 Å². The van der Waals surface area contributed by atoms with Crippen molar-refractivity contribution >= 4 is 55.1 Å². The van der Waals surface area contributed by atoms with Crippen LogP contribution in [0.3, 0.4) is 0 Å². The van der Waals surface area contributed by atoms with E-state index < -0.39 is 34.3 Å². The summed E-state index contributed by atoms with van der Waals surface area (Å²) in [6.45, 7) is 3.19. The molecule has 0 heterocycles. The quantitative estimate of drug-likeness (QED) is 0.162. The van der Waals surface area contributed by atoms with Gasteiger partial charge < -0.3 is 10.2 Å². The van der Waals surface area contributed by atoms with Crippen molar-refractivity contribution in [2.45, 2.75) is 50.2 Å². The number of halogens is 3. The first-order valence-corrected chi connectivity index (χ1v) is 17.0. The number of rotatable bonds is 13. The molecule has 236 valence electrons. The van der Waals surface area contributed by atoms with Crippen molar-refractivity contribution in [3.63, 3.8) is 0 Å². The molecule has 11 heteroatoms. The van der Waals surface area contributed by atoms with Crippen molar-refractivity contribution in [2.75, 3.05) is 10.8 Å². The summed E-state index contributed by atoms with van der Waals surface area (Å²) in [5.74, 6) is -1.72. The monoisotopic (exact) mass is 713 g/mol. The van der Waals surface area contributed by atoms with E-state index in [-0.39, 0.29) is 40.5 Å². The third-order valence-electron chi connectivity index (χ3n) is 7.34. The largest absolute Gasteiger partial charge is 0.352 e. The van der Waals surface area contributed by atoms with E-state index in [2.05, 4.69) is 21.2 Å². The minimum absolute atomic E-state index is 0.00543. The molecule has 1 N–H and O–H groups in total. The van der Waals surface area contributed by atoms with Crippen LogP contribution >= 0.6 is 27.5 Å². The van der Waals surface area contributed by atoms with Gasteiger partial charge in [-0.2, -0.15) is 0 Å². The maximum absolute atomic E-state index is 14.4. The highest BCUT2D eigenvalue weighted by atomic mass is 79.9. The lowest BCUT2D eigenvalue weighted by Gasteiger charge is -2.34. The maximum Gasteiger partial charge on any atom is 0.264 e. The Kier molecular flexibility index (Phi) is 11.8. The van der Waals surface area contributed by atoms with E-state index in [1.165, 1.54) is 29.2 Å². The molecule has 7 nitrogen and oxygen atoms in total. The number of hydrogen-bond acceptors (Lipinski definition) is 4. The highest BCUT2D eigenvalue weighted by molar-refractivity contribution is 9.10. The van der Waals surface area contributed by atoms with Crippen LogP contribution in [-0.4, -0.2) is 43.8 Å². The van der Waals surface area contributed by atoms with Crippen LogP contribution in [0.5, 0.6) is 0 Å². The summed E-state index contributed by atoms with van der Waals surface area (Å²) >= 11 is 9.50. The van der Waals surface area contributed by atoms with Crippen molar-refractivity contribution in [3.05, 3.63) is 130 Å². The molecule has 0 aliphatic rings. The van der Waals surface area contributed by atoms with Gasteiger partial charge in [-0.05, 0) is 66.9 Å². The first kappa shape index (κ1) is 34.1. The van der Waals surface area contributed by atoms with Crippen LogP contribution < -0.4 is 9.62 Å². The number of amides is 2. The number of hydrogen-bond donors (Lipinski definition) is 1. The predicted octanol–water partition coefficient (Wildman–Crippen LogP) is 6.99. The van der Waals surface area contributed by atoms with Gasteiger partial charge in [0.15, 0.2) is 0 Å². The Bertz CT molecular complexity index is 1710. The van der Waals surface area contributed by atoms with E-state index in [0.717, 1.165) is 26.0 Å².